The molecular formula is C32H37N3O4. The first-order chi connectivity index (χ1) is 18.9. The van der Waals surface area contributed by atoms with Crippen molar-refractivity contribution >= 4 is 12.1 Å². The summed E-state index contributed by atoms with van der Waals surface area (Å²) in [6, 6.07) is 27.5. The van der Waals surface area contributed by atoms with Crippen LogP contribution in [0.15, 0.2) is 84.9 Å². The average Bonchev–Trinajstić information content (AvgIpc) is 2.98. The van der Waals surface area contributed by atoms with Crippen LogP contribution in [0.4, 0.5) is 4.79 Å². The fourth-order valence-electron chi connectivity index (χ4n) is 6.92. The molecule has 7 rings (SSSR count). The minimum Gasteiger partial charge on any atom is -0.480 e. The molecule has 1 amide bonds. The highest BCUT2D eigenvalue weighted by molar-refractivity contribution is 5.73. The monoisotopic (exact) mass is 527 g/mol. The Hall–Kier alpha value is -3.68. The maximum Gasteiger partial charge on any atom is 0.408 e. The number of carbonyl (C=O) groups is 2. The van der Waals surface area contributed by atoms with E-state index in [2.05, 4.69) is 53.4 Å². The van der Waals surface area contributed by atoms with E-state index in [1.807, 2.05) is 36.4 Å². The number of rotatable bonds is 5. The first-order valence-corrected chi connectivity index (χ1v) is 13.8. The summed E-state index contributed by atoms with van der Waals surface area (Å²) in [5.74, 6) is -0.0954. The van der Waals surface area contributed by atoms with Crippen LogP contribution in [0.5, 0.6) is 0 Å². The zero-order valence-electron chi connectivity index (χ0n) is 22.2. The standard InChI is InChI=1S/C23H26N2O2.C9H11NO2/c26-22(27)25-15-12-17-6-4-5-9-20(17)23(25,19-7-2-1-3-8-19)21-16-24-13-10-18(21)11-14-24;10-8(9(11)12)6-7-4-2-1-3-5-7/h1-9,18,21H,10-16H2,(H,26,27);1-5,8H,6,10H2,(H,11,12)/t21-,23+;8-/m00/s1. The number of hydrogen-bond donors (Lipinski definition) is 3. The van der Waals surface area contributed by atoms with Gasteiger partial charge >= 0.3 is 12.1 Å². The first kappa shape index (κ1) is 26.9. The van der Waals surface area contributed by atoms with Gasteiger partial charge in [0.05, 0.1) is 0 Å². The van der Waals surface area contributed by atoms with E-state index in [9.17, 15) is 14.7 Å². The highest BCUT2D eigenvalue weighted by atomic mass is 16.4. The molecule has 3 fully saturated rings. The molecule has 3 atom stereocenters. The van der Waals surface area contributed by atoms with Crippen molar-refractivity contribution in [1.29, 1.82) is 0 Å². The van der Waals surface area contributed by atoms with E-state index in [1.54, 1.807) is 4.90 Å². The van der Waals surface area contributed by atoms with Gasteiger partial charge in [-0.05, 0) is 66.9 Å². The number of nitrogens with two attached hydrogens (primary N) is 1. The lowest BCUT2D eigenvalue weighted by Crippen LogP contribution is -2.64. The van der Waals surface area contributed by atoms with Gasteiger partial charge in [0, 0.05) is 19.0 Å². The Balaban J connectivity index is 0.000000217. The second-order valence-corrected chi connectivity index (χ2v) is 10.9. The second-order valence-electron chi connectivity index (χ2n) is 10.9. The van der Waals surface area contributed by atoms with Crippen molar-refractivity contribution in [1.82, 2.24) is 9.80 Å². The first-order valence-electron chi connectivity index (χ1n) is 13.8. The normalized spacial score (nSPS) is 26.1. The van der Waals surface area contributed by atoms with Crippen LogP contribution in [-0.4, -0.2) is 64.3 Å². The third kappa shape index (κ3) is 5.29. The van der Waals surface area contributed by atoms with E-state index >= 15 is 0 Å². The molecule has 0 saturated carbocycles. The summed E-state index contributed by atoms with van der Waals surface area (Å²) >= 11 is 0. The molecule has 0 aromatic heterocycles. The van der Waals surface area contributed by atoms with Gasteiger partial charge in [0.1, 0.15) is 11.6 Å². The summed E-state index contributed by atoms with van der Waals surface area (Å²) in [6.45, 7) is 3.85. The molecule has 3 saturated heterocycles. The fourth-order valence-corrected chi connectivity index (χ4v) is 6.92. The Morgan fingerprint density at radius 3 is 2.08 bits per heavy atom. The summed E-state index contributed by atoms with van der Waals surface area (Å²) in [7, 11) is 0. The molecule has 39 heavy (non-hydrogen) atoms. The number of nitrogens with zero attached hydrogens (tertiary/aromatic N) is 2. The molecule has 2 bridgehead atoms. The maximum absolute atomic E-state index is 12.5. The van der Waals surface area contributed by atoms with Crippen LogP contribution in [-0.2, 0) is 23.2 Å². The Morgan fingerprint density at radius 1 is 0.872 bits per heavy atom. The third-order valence-corrected chi connectivity index (χ3v) is 8.71. The van der Waals surface area contributed by atoms with Gasteiger partial charge in [-0.25, -0.2) is 4.79 Å². The summed E-state index contributed by atoms with van der Waals surface area (Å²) in [5, 5.41) is 18.8. The molecule has 4 aliphatic heterocycles. The number of piperidine rings is 3. The van der Waals surface area contributed by atoms with Crippen LogP contribution in [0, 0.1) is 11.8 Å². The minimum atomic E-state index is -0.959. The Labute approximate surface area is 229 Å². The minimum absolute atomic E-state index is 0.292. The van der Waals surface area contributed by atoms with Gasteiger partial charge in [0.15, 0.2) is 0 Å². The van der Waals surface area contributed by atoms with E-state index < -0.39 is 23.6 Å². The molecule has 4 aliphatic rings. The molecule has 0 radical (unpaired) electrons. The SMILES string of the molecule is N[C@@H](Cc1ccccc1)C(=O)O.O=C(O)N1CCc2ccccc2[C@]1(c1ccccc1)[C@H]1CN2CCC1CC2. The maximum atomic E-state index is 12.5. The lowest BCUT2D eigenvalue weighted by atomic mass is 9.60. The van der Waals surface area contributed by atoms with Crippen LogP contribution in [0.3, 0.4) is 0 Å². The van der Waals surface area contributed by atoms with Crippen molar-refractivity contribution in [2.45, 2.75) is 37.3 Å². The molecule has 0 aliphatic carbocycles. The number of fused-ring (bicyclic) bond motifs is 4. The zero-order chi connectivity index (χ0) is 27.4. The van der Waals surface area contributed by atoms with Crippen molar-refractivity contribution < 1.29 is 19.8 Å². The molecule has 3 aromatic rings. The molecule has 4 heterocycles. The predicted octanol–water partition coefficient (Wildman–Crippen LogP) is 4.45. The average molecular weight is 528 g/mol. The van der Waals surface area contributed by atoms with E-state index in [0.717, 1.165) is 37.2 Å². The zero-order valence-corrected chi connectivity index (χ0v) is 22.2. The van der Waals surface area contributed by atoms with Crippen molar-refractivity contribution in [3.05, 3.63) is 107 Å². The fraction of sp³-hybridized carbons (Fsp3) is 0.375. The molecule has 7 nitrogen and oxygen atoms in total. The Kier molecular flexibility index (Phi) is 8.00. The molecule has 204 valence electrons. The van der Waals surface area contributed by atoms with Crippen LogP contribution < -0.4 is 5.73 Å². The number of aliphatic carboxylic acids is 1. The van der Waals surface area contributed by atoms with Gasteiger partial charge < -0.3 is 20.8 Å². The van der Waals surface area contributed by atoms with Gasteiger partial charge in [0.2, 0.25) is 0 Å². The lowest BCUT2D eigenvalue weighted by Gasteiger charge is -2.58. The molecule has 4 N–H and O–H groups in total. The summed E-state index contributed by atoms with van der Waals surface area (Å²) in [4.78, 5) is 27.2. The number of amides is 1. The number of benzene rings is 3. The number of carboxylic acid groups (broad SMARTS) is 2. The highest BCUT2D eigenvalue weighted by Gasteiger charge is 2.56. The van der Waals surface area contributed by atoms with Gasteiger partial charge in [-0.2, -0.15) is 0 Å². The smallest absolute Gasteiger partial charge is 0.408 e. The summed E-state index contributed by atoms with van der Waals surface area (Å²) in [6.07, 6.45) is 2.72. The molecule has 0 spiro atoms. The van der Waals surface area contributed by atoms with Crippen LogP contribution >= 0.6 is 0 Å². The predicted molar refractivity (Wildman–Crippen MR) is 151 cm³/mol. The van der Waals surface area contributed by atoms with E-state index in [0.29, 0.717) is 24.8 Å². The van der Waals surface area contributed by atoms with E-state index in [4.69, 9.17) is 10.8 Å². The number of hydrogen-bond acceptors (Lipinski definition) is 4. The molecule has 0 unspecified atom stereocenters. The number of carboxylic acids is 1. The van der Waals surface area contributed by atoms with E-state index in [1.165, 1.54) is 24.0 Å². The van der Waals surface area contributed by atoms with Gasteiger partial charge in [-0.1, -0.05) is 84.9 Å². The largest absolute Gasteiger partial charge is 0.480 e. The third-order valence-electron chi connectivity index (χ3n) is 8.71. The second kappa shape index (κ2) is 11.6. The van der Waals surface area contributed by atoms with Crippen LogP contribution in [0.1, 0.15) is 35.1 Å². The quantitative estimate of drug-likeness (QED) is 0.453. The molecular weight excluding hydrogens is 490 g/mol. The molecule has 7 heteroatoms. The Morgan fingerprint density at radius 2 is 1.49 bits per heavy atom. The van der Waals surface area contributed by atoms with Crippen molar-refractivity contribution in [2.24, 2.45) is 17.6 Å². The van der Waals surface area contributed by atoms with Crippen LogP contribution in [0.2, 0.25) is 0 Å². The molecule has 3 aromatic carbocycles. The van der Waals surface area contributed by atoms with Crippen molar-refractivity contribution in [3.8, 4) is 0 Å². The summed E-state index contributed by atoms with van der Waals surface area (Å²) in [5.41, 5.74) is 9.33. The topological polar surface area (TPSA) is 107 Å². The lowest BCUT2D eigenvalue weighted by molar-refractivity contribution is -0.138. The van der Waals surface area contributed by atoms with Gasteiger partial charge in [-0.3, -0.25) is 9.69 Å². The van der Waals surface area contributed by atoms with Gasteiger partial charge in [0.25, 0.3) is 0 Å². The highest BCUT2D eigenvalue weighted by Crippen LogP contribution is 2.53. The van der Waals surface area contributed by atoms with Gasteiger partial charge in [-0.15, -0.1) is 0 Å². The van der Waals surface area contributed by atoms with Crippen molar-refractivity contribution in [3.63, 3.8) is 0 Å². The summed E-state index contributed by atoms with van der Waals surface area (Å²) < 4.78 is 0. The van der Waals surface area contributed by atoms with Crippen LogP contribution in [0.25, 0.3) is 0 Å². The van der Waals surface area contributed by atoms with Crippen molar-refractivity contribution in [2.75, 3.05) is 26.2 Å². The van der Waals surface area contributed by atoms with E-state index in [-0.39, 0.29) is 0 Å². The Bertz CT molecular complexity index is 1280.